The molecule has 1 aromatic heterocycles. The van der Waals surface area contributed by atoms with Crippen LogP contribution >= 0.6 is 0 Å². The molecule has 1 aromatic rings. The molecule has 1 unspecified atom stereocenters. The molecular formula is C13H23N3O2. The van der Waals surface area contributed by atoms with Crippen molar-refractivity contribution in [3.8, 4) is 0 Å². The molecule has 0 aliphatic heterocycles. The Morgan fingerprint density at radius 1 is 1.50 bits per heavy atom. The molecule has 102 valence electrons. The number of aliphatic hydroxyl groups is 1. The van der Waals surface area contributed by atoms with Crippen molar-refractivity contribution < 1.29 is 9.63 Å². The number of nitrogens with zero attached hydrogens (tertiary/aromatic N) is 3. The molecule has 1 aliphatic rings. The predicted octanol–water partition coefficient (Wildman–Crippen LogP) is 1.61. The highest BCUT2D eigenvalue weighted by Gasteiger charge is 2.30. The lowest BCUT2D eigenvalue weighted by atomic mass is 10.2. The molecule has 1 N–H and O–H groups in total. The van der Waals surface area contributed by atoms with Crippen LogP contribution in [0.2, 0.25) is 0 Å². The molecule has 5 heteroatoms. The fraction of sp³-hybridized carbons (Fsp3) is 0.846. The fourth-order valence-electron chi connectivity index (χ4n) is 2.04. The minimum absolute atomic E-state index is 0.211. The van der Waals surface area contributed by atoms with Gasteiger partial charge in [-0.15, -0.1) is 0 Å². The smallest absolute Gasteiger partial charge is 0.240 e. The number of unbranched alkanes of at least 4 members (excludes halogenated alkanes) is 1. The van der Waals surface area contributed by atoms with Crippen molar-refractivity contribution in [2.24, 2.45) is 5.92 Å². The Morgan fingerprint density at radius 2 is 2.28 bits per heavy atom. The highest BCUT2D eigenvalue weighted by atomic mass is 16.5. The number of aryl methyl sites for hydroxylation is 1. The molecule has 0 spiro atoms. The Balaban J connectivity index is 1.75. The van der Waals surface area contributed by atoms with Gasteiger partial charge in [0.05, 0.1) is 12.6 Å². The number of hydrogen-bond donors (Lipinski definition) is 1. The van der Waals surface area contributed by atoms with E-state index in [0.717, 1.165) is 37.9 Å². The van der Waals surface area contributed by atoms with E-state index in [4.69, 9.17) is 4.52 Å². The first kappa shape index (κ1) is 13.5. The highest BCUT2D eigenvalue weighted by Crippen LogP contribution is 2.32. The summed E-state index contributed by atoms with van der Waals surface area (Å²) < 4.78 is 5.21. The maximum absolute atomic E-state index is 9.85. The molecule has 5 nitrogen and oxygen atoms in total. The van der Waals surface area contributed by atoms with E-state index < -0.39 is 0 Å². The number of rotatable bonds is 8. The predicted molar refractivity (Wildman–Crippen MR) is 68.0 cm³/mol. The van der Waals surface area contributed by atoms with Gasteiger partial charge in [0.2, 0.25) is 5.89 Å². The van der Waals surface area contributed by atoms with Gasteiger partial charge in [-0.25, -0.2) is 0 Å². The number of likely N-dealkylation sites (N-methyl/N-ethyl adjacent to an activating group) is 1. The van der Waals surface area contributed by atoms with Crippen LogP contribution < -0.4 is 0 Å². The van der Waals surface area contributed by atoms with E-state index in [2.05, 4.69) is 17.1 Å². The van der Waals surface area contributed by atoms with Crippen molar-refractivity contribution in [1.29, 1.82) is 0 Å². The van der Waals surface area contributed by atoms with Gasteiger partial charge in [0.15, 0.2) is 5.82 Å². The van der Waals surface area contributed by atoms with Crippen molar-refractivity contribution in [2.45, 2.75) is 51.7 Å². The van der Waals surface area contributed by atoms with Crippen LogP contribution in [0.25, 0.3) is 0 Å². The van der Waals surface area contributed by atoms with Crippen LogP contribution in [0, 0.1) is 5.92 Å². The Kier molecular flexibility index (Phi) is 4.72. The second-order valence-electron chi connectivity index (χ2n) is 5.31. The molecular weight excluding hydrogens is 230 g/mol. The third-order valence-electron chi connectivity index (χ3n) is 3.33. The maximum Gasteiger partial charge on any atom is 0.240 e. The lowest BCUT2D eigenvalue weighted by Crippen LogP contribution is -2.30. The van der Waals surface area contributed by atoms with E-state index >= 15 is 0 Å². The van der Waals surface area contributed by atoms with Gasteiger partial charge in [0.25, 0.3) is 0 Å². The van der Waals surface area contributed by atoms with Crippen molar-refractivity contribution in [2.75, 3.05) is 13.6 Å². The van der Waals surface area contributed by atoms with Gasteiger partial charge in [-0.2, -0.15) is 4.98 Å². The monoisotopic (exact) mass is 253 g/mol. The molecule has 2 rings (SSSR count). The summed E-state index contributed by atoms with van der Waals surface area (Å²) in [5.41, 5.74) is 0. The van der Waals surface area contributed by atoms with Crippen LogP contribution in [-0.4, -0.2) is 39.8 Å². The number of aliphatic hydroxyl groups excluding tert-OH is 1. The summed E-state index contributed by atoms with van der Waals surface area (Å²) in [5.74, 6) is 1.95. The molecule has 0 aromatic carbocycles. The maximum atomic E-state index is 9.85. The normalized spacial score (nSPS) is 17.3. The largest absolute Gasteiger partial charge is 0.392 e. The molecule has 1 atom stereocenters. The zero-order valence-electron chi connectivity index (χ0n) is 11.3. The van der Waals surface area contributed by atoms with E-state index in [1.54, 1.807) is 0 Å². The van der Waals surface area contributed by atoms with Gasteiger partial charge in [-0.05, 0) is 32.2 Å². The molecule has 1 aliphatic carbocycles. The van der Waals surface area contributed by atoms with Crippen LogP contribution in [0.1, 0.15) is 44.3 Å². The van der Waals surface area contributed by atoms with Gasteiger partial charge in [-0.1, -0.05) is 18.5 Å². The summed E-state index contributed by atoms with van der Waals surface area (Å²) in [4.78, 5) is 6.40. The van der Waals surface area contributed by atoms with E-state index in [0.29, 0.717) is 24.9 Å². The SMILES string of the molecule is CCCCc1noc(CN(C)CC(O)C2CC2)n1. The molecule has 18 heavy (non-hydrogen) atoms. The van der Waals surface area contributed by atoms with Crippen LogP contribution in [0.3, 0.4) is 0 Å². The Morgan fingerprint density at radius 3 is 2.94 bits per heavy atom. The summed E-state index contributed by atoms with van der Waals surface area (Å²) >= 11 is 0. The minimum Gasteiger partial charge on any atom is -0.392 e. The molecule has 1 fully saturated rings. The molecule has 0 bridgehead atoms. The first-order chi connectivity index (χ1) is 8.69. The Bertz CT molecular complexity index is 363. The minimum atomic E-state index is -0.211. The first-order valence-corrected chi connectivity index (χ1v) is 6.87. The van der Waals surface area contributed by atoms with Crippen LogP contribution in [0.5, 0.6) is 0 Å². The van der Waals surface area contributed by atoms with Crippen molar-refractivity contribution in [1.82, 2.24) is 15.0 Å². The third-order valence-corrected chi connectivity index (χ3v) is 3.33. The topological polar surface area (TPSA) is 62.4 Å². The van der Waals surface area contributed by atoms with Crippen LogP contribution in [-0.2, 0) is 13.0 Å². The zero-order valence-corrected chi connectivity index (χ0v) is 11.3. The van der Waals surface area contributed by atoms with E-state index in [1.165, 1.54) is 0 Å². The lowest BCUT2D eigenvalue weighted by Gasteiger charge is -2.18. The summed E-state index contributed by atoms with van der Waals surface area (Å²) in [6, 6.07) is 0. The van der Waals surface area contributed by atoms with Crippen LogP contribution in [0.15, 0.2) is 4.52 Å². The van der Waals surface area contributed by atoms with E-state index in [1.807, 2.05) is 11.9 Å². The number of hydrogen-bond acceptors (Lipinski definition) is 5. The fourth-order valence-corrected chi connectivity index (χ4v) is 2.04. The second-order valence-corrected chi connectivity index (χ2v) is 5.31. The average molecular weight is 253 g/mol. The quantitative estimate of drug-likeness (QED) is 0.762. The van der Waals surface area contributed by atoms with Crippen molar-refractivity contribution in [3.63, 3.8) is 0 Å². The molecule has 0 radical (unpaired) electrons. The summed E-state index contributed by atoms with van der Waals surface area (Å²) in [5, 5.41) is 13.8. The van der Waals surface area contributed by atoms with Crippen molar-refractivity contribution in [3.05, 3.63) is 11.7 Å². The first-order valence-electron chi connectivity index (χ1n) is 6.87. The highest BCUT2D eigenvalue weighted by molar-refractivity contribution is 4.87. The van der Waals surface area contributed by atoms with Gasteiger partial charge in [0.1, 0.15) is 0 Å². The zero-order chi connectivity index (χ0) is 13.0. The summed E-state index contributed by atoms with van der Waals surface area (Å²) in [6.45, 7) is 3.44. The summed E-state index contributed by atoms with van der Waals surface area (Å²) in [6.07, 6.45) is 5.23. The van der Waals surface area contributed by atoms with Gasteiger partial charge in [-0.3, -0.25) is 4.90 Å². The standard InChI is InChI=1S/C13H23N3O2/c1-3-4-5-12-14-13(18-15-12)9-16(2)8-11(17)10-6-7-10/h10-11,17H,3-9H2,1-2H3. The lowest BCUT2D eigenvalue weighted by molar-refractivity contribution is 0.0992. The van der Waals surface area contributed by atoms with Gasteiger partial charge >= 0.3 is 0 Å². The second kappa shape index (κ2) is 6.29. The third kappa shape index (κ3) is 4.07. The number of aromatic nitrogens is 2. The van der Waals surface area contributed by atoms with Gasteiger partial charge < -0.3 is 9.63 Å². The molecule has 1 heterocycles. The van der Waals surface area contributed by atoms with Crippen LogP contribution in [0.4, 0.5) is 0 Å². The molecule has 1 saturated carbocycles. The van der Waals surface area contributed by atoms with Gasteiger partial charge in [0, 0.05) is 13.0 Å². The molecule has 0 amide bonds. The molecule has 0 saturated heterocycles. The van der Waals surface area contributed by atoms with E-state index in [9.17, 15) is 5.11 Å². The van der Waals surface area contributed by atoms with Crippen molar-refractivity contribution >= 4 is 0 Å². The Labute approximate surface area is 108 Å². The Hall–Kier alpha value is -0.940. The van der Waals surface area contributed by atoms with E-state index in [-0.39, 0.29) is 6.10 Å². The average Bonchev–Trinajstić information content (AvgIpc) is 3.09. The summed E-state index contributed by atoms with van der Waals surface area (Å²) in [7, 11) is 1.97.